The summed E-state index contributed by atoms with van der Waals surface area (Å²) in [6, 6.07) is 9.16. The molecule has 0 N–H and O–H groups in total. The van der Waals surface area contributed by atoms with Gasteiger partial charge in [0.05, 0.1) is 18.6 Å². The standard InChI is InChI=1S/C15H12Cl2N2O2/c1-20-13-3-2-10(7-14(13)21-5-4-16)12-6-11(8-18)15(17)19-9-12/h2-3,6-7,9H,4-5H2,1H3. The van der Waals surface area contributed by atoms with Crippen molar-refractivity contribution in [2.45, 2.75) is 0 Å². The van der Waals surface area contributed by atoms with Crippen molar-refractivity contribution in [3.05, 3.63) is 41.2 Å². The van der Waals surface area contributed by atoms with Gasteiger partial charge in [-0.05, 0) is 23.8 Å². The number of pyridine rings is 1. The van der Waals surface area contributed by atoms with E-state index < -0.39 is 0 Å². The summed E-state index contributed by atoms with van der Waals surface area (Å²) in [5.41, 5.74) is 1.95. The molecule has 0 aliphatic carbocycles. The fraction of sp³-hybridized carbons (Fsp3) is 0.200. The Bertz CT molecular complexity index is 684. The van der Waals surface area contributed by atoms with Gasteiger partial charge in [-0.3, -0.25) is 0 Å². The maximum atomic E-state index is 9.01. The number of methoxy groups -OCH3 is 1. The summed E-state index contributed by atoms with van der Waals surface area (Å²) < 4.78 is 10.8. The number of nitrogens with zero attached hydrogens (tertiary/aromatic N) is 2. The van der Waals surface area contributed by atoms with Gasteiger partial charge in [0.25, 0.3) is 0 Å². The molecule has 0 radical (unpaired) electrons. The third-order valence-electron chi connectivity index (χ3n) is 2.79. The number of rotatable bonds is 5. The van der Waals surface area contributed by atoms with Gasteiger partial charge in [-0.15, -0.1) is 11.6 Å². The van der Waals surface area contributed by atoms with Gasteiger partial charge >= 0.3 is 0 Å². The zero-order chi connectivity index (χ0) is 15.2. The Hall–Kier alpha value is -1.96. The number of ether oxygens (including phenoxy) is 2. The molecule has 21 heavy (non-hydrogen) atoms. The summed E-state index contributed by atoms with van der Waals surface area (Å²) in [5.74, 6) is 1.59. The van der Waals surface area contributed by atoms with Gasteiger partial charge in [-0.2, -0.15) is 5.26 Å². The lowest BCUT2D eigenvalue weighted by Crippen LogP contribution is -2.00. The lowest BCUT2D eigenvalue weighted by molar-refractivity contribution is 0.313. The molecule has 0 unspecified atom stereocenters. The van der Waals surface area contributed by atoms with Gasteiger partial charge < -0.3 is 9.47 Å². The zero-order valence-electron chi connectivity index (χ0n) is 11.3. The molecule has 0 spiro atoms. The molecule has 0 fully saturated rings. The van der Waals surface area contributed by atoms with Crippen LogP contribution in [0.4, 0.5) is 0 Å². The minimum Gasteiger partial charge on any atom is -0.493 e. The molecule has 2 rings (SSSR count). The topological polar surface area (TPSA) is 55.1 Å². The van der Waals surface area contributed by atoms with Crippen molar-refractivity contribution in [3.8, 4) is 28.7 Å². The van der Waals surface area contributed by atoms with E-state index in [2.05, 4.69) is 4.98 Å². The Balaban J connectivity index is 2.42. The Labute approximate surface area is 132 Å². The lowest BCUT2D eigenvalue weighted by Gasteiger charge is -2.11. The van der Waals surface area contributed by atoms with Crippen LogP contribution in [0.1, 0.15) is 5.56 Å². The van der Waals surface area contributed by atoms with Crippen molar-refractivity contribution >= 4 is 23.2 Å². The van der Waals surface area contributed by atoms with E-state index in [1.165, 1.54) is 0 Å². The quantitative estimate of drug-likeness (QED) is 0.618. The fourth-order valence-corrected chi connectivity index (χ4v) is 2.02. The van der Waals surface area contributed by atoms with Crippen molar-refractivity contribution in [1.82, 2.24) is 4.98 Å². The van der Waals surface area contributed by atoms with Gasteiger partial charge in [-0.25, -0.2) is 4.98 Å². The maximum Gasteiger partial charge on any atom is 0.161 e. The van der Waals surface area contributed by atoms with Crippen molar-refractivity contribution < 1.29 is 9.47 Å². The minimum absolute atomic E-state index is 0.188. The highest BCUT2D eigenvalue weighted by molar-refractivity contribution is 6.30. The van der Waals surface area contributed by atoms with Crippen LogP contribution in [0.25, 0.3) is 11.1 Å². The molecule has 0 amide bonds. The molecule has 0 saturated heterocycles. The van der Waals surface area contributed by atoms with Crippen molar-refractivity contribution in [2.24, 2.45) is 0 Å². The van der Waals surface area contributed by atoms with Gasteiger partial charge in [0.1, 0.15) is 17.8 Å². The molecule has 1 heterocycles. The zero-order valence-corrected chi connectivity index (χ0v) is 12.8. The van der Waals surface area contributed by atoms with Crippen LogP contribution in [0.5, 0.6) is 11.5 Å². The smallest absolute Gasteiger partial charge is 0.161 e. The van der Waals surface area contributed by atoms with Crippen LogP contribution < -0.4 is 9.47 Å². The molecule has 6 heteroatoms. The number of hydrogen-bond donors (Lipinski definition) is 0. The Morgan fingerprint density at radius 3 is 2.71 bits per heavy atom. The Morgan fingerprint density at radius 2 is 2.05 bits per heavy atom. The third kappa shape index (κ3) is 3.57. The van der Waals surface area contributed by atoms with Gasteiger partial charge in [0.2, 0.25) is 0 Å². The first-order valence-electron chi connectivity index (χ1n) is 6.12. The van der Waals surface area contributed by atoms with Crippen molar-refractivity contribution in [2.75, 3.05) is 19.6 Å². The second-order valence-corrected chi connectivity index (χ2v) is 4.81. The van der Waals surface area contributed by atoms with E-state index in [1.807, 2.05) is 18.2 Å². The Kier molecular flexibility index (Phi) is 5.26. The van der Waals surface area contributed by atoms with Crippen molar-refractivity contribution in [1.29, 1.82) is 5.26 Å². The molecule has 0 bridgehead atoms. The number of halogens is 2. The number of alkyl halides is 1. The van der Waals surface area contributed by atoms with Crippen LogP contribution in [0, 0.1) is 11.3 Å². The molecular weight excluding hydrogens is 311 g/mol. The van der Waals surface area contributed by atoms with Crippen LogP contribution in [0.15, 0.2) is 30.5 Å². The third-order valence-corrected chi connectivity index (χ3v) is 3.25. The summed E-state index contributed by atoms with van der Waals surface area (Å²) in [6.45, 7) is 0.379. The second kappa shape index (κ2) is 7.16. The molecule has 0 atom stereocenters. The lowest BCUT2D eigenvalue weighted by atomic mass is 10.1. The largest absolute Gasteiger partial charge is 0.493 e. The van der Waals surface area contributed by atoms with Gasteiger partial charge in [0, 0.05) is 11.8 Å². The highest BCUT2D eigenvalue weighted by Crippen LogP contribution is 2.33. The van der Waals surface area contributed by atoms with E-state index in [1.54, 1.807) is 25.4 Å². The first-order chi connectivity index (χ1) is 10.2. The molecule has 0 saturated carbocycles. The molecule has 1 aromatic heterocycles. The Morgan fingerprint density at radius 1 is 1.24 bits per heavy atom. The number of hydrogen-bond acceptors (Lipinski definition) is 4. The first-order valence-corrected chi connectivity index (χ1v) is 7.03. The van der Waals surface area contributed by atoms with E-state index in [-0.39, 0.29) is 5.15 Å². The predicted octanol–water partition coefficient (Wildman–Crippen LogP) is 3.90. The molecule has 4 nitrogen and oxygen atoms in total. The molecular formula is C15H12Cl2N2O2. The highest BCUT2D eigenvalue weighted by atomic mass is 35.5. The maximum absolute atomic E-state index is 9.01. The summed E-state index contributed by atoms with van der Waals surface area (Å²) in [6.07, 6.45) is 1.61. The molecule has 0 aliphatic rings. The van der Waals surface area contributed by atoms with E-state index in [0.29, 0.717) is 29.5 Å². The van der Waals surface area contributed by atoms with Crippen LogP contribution in [0.2, 0.25) is 5.15 Å². The average molecular weight is 323 g/mol. The minimum atomic E-state index is 0.188. The molecule has 2 aromatic rings. The first kappa shape index (κ1) is 15.4. The summed E-state index contributed by atoms with van der Waals surface area (Å²) in [4.78, 5) is 4.01. The van der Waals surface area contributed by atoms with E-state index in [0.717, 1.165) is 11.1 Å². The van der Waals surface area contributed by atoms with Crippen LogP contribution in [0.3, 0.4) is 0 Å². The van der Waals surface area contributed by atoms with Crippen LogP contribution in [-0.2, 0) is 0 Å². The summed E-state index contributed by atoms with van der Waals surface area (Å²) in [7, 11) is 1.57. The van der Waals surface area contributed by atoms with Crippen molar-refractivity contribution in [3.63, 3.8) is 0 Å². The normalized spacial score (nSPS) is 10.0. The fourth-order valence-electron chi connectivity index (χ4n) is 1.80. The number of benzene rings is 1. The highest BCUT2D eigenvalue weighted by Gasteiger charge is 2.09. The monoisotopic (exact) mass is 322 g/mol. The number of aromatic nitrogens is 1. The van der Waals surface area contributed by atoms with Crippen LogP contribution in [-0.4, -0.2) is 24.6 Å². The number of nitriles is 1. The van der Waals surface area contributed by atoms with Gasteiger partial charge in [0.15, 0.2) is 11.5 Å². The van der Waals surface area contributed by atoms with E-state index >= 15 is 0 Å². The predicted molar refractivity (Wildman–Crippen MR) is 82.2 cm³/mol. The van der Waals surface area contributed by atoms with E-state index in [9.17, 15) is 0 Å². The van der Waals surface area contributed by atoms with Crippen LogP contribution >= 0.6 is 23.2 Å². The SMILES string of the molecule is COc1ccc(-c2cnc(Cl)c(C#N)c2)cc1OCCCl. The molecule has 1 aromatic carbocycles. The molecule has 0 aliphatic heterocycles. The van der Waals surface area contributed by atoms with Gasteiger partial charge in [-0.1, -0.05) is 17.7 Å². The second-order valence-electron chi connectivity index (χ2n) is 4.08. The molecule has 108 valence electrons. The summed E-state index contributed by atoms with van der Waals surface area (Å²) in [5, 5.41) is 9.20. The average Bonchev–Trinajstić information content (AvgIpc) is 2.53. The summed E-state index contributed by atoms with van der Waals surface area (Å²) >= 11 is 11.5. The van der Waals surface area contributed by atoms with E-state index in [4.69, 9.17) is 37.9 Å².